The van der Waals surface area contributed by atoms with Crippen molar-refractivity contribution in [1.29, 1.82) is 0 Å². The van der Waals surface area contributed by atoms with Gasteiger partial charge in [0, 0.05) is 12.3 Å². The largest absolute Gasteiger partial charge is 0.299 e. The van der Waals surface area contributed by atoms with Crippen LogP contribution in [0, 0.1) is 17.3 Å². The highest BCUT2D eigenvalue weighted by Gasteiger charge is 2.54. The Bertz CT molecular complexity index is 179. The SMILES string of the molecule is CC1(C)[C]2CCC(=O)C1C2. The molecular formula is C9H13O. The van der Waals surface area contributed by atoms with Crippen LogP contribution in [0.1, 0.15) is 33.1 Å². The zero-order chi connectivity index (χ0) is 7.35. The second-order valence-corrected chi connectivity index (χ2v) is 4.05. The van der Waals surface area contributed by atoms with Crippen LogP contribution in [-0.4, -0.2) is 5.78 Å². The molecule has 0 aliphatic heterocycles. The van der Waals surface area contributed by atoms with Crippen molar-refractivity contribution in [2.75, 3.05) is 0 Å². The minimum absolute atomic E-state index is 0.273. The lowest BCUT2D eigenvalue weighted by atomic mass is 9.48. The predicted molar refractivity (Wildman–Crippen MR) is 39.4 cm³/mol. The van der Waals surface area contributed by atoms with Crippen LogP contribution < -0.4 is 0 Å². The Kier molecular flexibility index (Phi) is 1.04. The summed E-state index contributed by atoms with van der Waals surface area (Å²) in [5.74, 6) is 2.51. The van der Waals surface area contributed by atoms with Gasteiger partial charge in [0.15, 0.2) is 0 Å². The van der Waals surface area contributed by atoms with Crippen LogP contribution in [0.5, 0.6) is 0 Å². The molecule has 0 heterocycles. The molecule has 3 aliphatic rings. The van der Waals surface area contributed by atoms with Gasteiger partial charge in [-0.1, -0.05) is 13.8 Å². The molecule has 3 rings (SSSR count). The molecule has 0 N–H and O–H groups in total. The van der Waals surface area contributed by atoms with Crippen LogP contribution in [0.15, 0.2) is 0 Å². The van der Waals surface area contributed by atoms with E-state index in [4.69, 9.17) is 0 Å². The van der Waals surface area contributed by atoms with Gasteiger partial charge in [-0.25, -0.2) is 0 Å². The van der Waals surface area contributed by atoms with Crippen LogP contribution in [0.4, 0.5) is 0 Å². The molecule has 0 saturated heterocycles. The summed E-state index contributed by atoms with van der Waals surface area (Å²) in [6, 6.07) is 0. The van der Waals surface area contributed by atoms with Crippen molar-refractivity contribution in [3.05, 3.63) is 5.92 Å². The Morgan fingerprint density at radius 3 is 2.40 bits per heavy atom. The molecule has 3 saturated carbocycles. The Morgan fingerprint density at radius 1 is 1.40 bits per heavy atom. The van der Waals surface area contributed by atoms with Gasteiger partial charge < -0.3 is 0 Å². The van der Waals surface area contributed by atoms with Crippen molar-refractivity contribution in [2.45, 2.75) is 33.1 Å². The molecule has 1 radical (unpaired) electrons. The van der Waals surface area contributed by atoms with Gasteiger partial charge in [0.1, 0.15) is 5.78 Å². The van der Waals surface area contributed by atoms with E-state index in [1.54, 1.807) is 5.92 Å². The smallest absolute Gasteiger partial charge is 0.136 e. The average molecular weight is 137 g/mol. The third kappa shape index (κ3) is 0.561. The highest BCUT2D eigenvalue weighted by Crippen LogP contribution is 2.58. The summed E-state index contributed by atoms with van der Waals surface area (Å²) in [7, 11) is 0. The van der Waals surface area contributed by atoms with Crippen molar-refractivity contribution in [2.24, 2.45) is 11.3 Å². The van der Waals surface area contributed by atoms with Crippen LogP contribution in [0.25, 0.3) is 0 Å². The van der Waals surface area contributed by atoms with Gasteiger partial charge in [0.2, 0.25) is 0 Å². The molecule has 0 aromatic rings. The number of fused-ring (bicyclic) bond motifs is 2. The molecule has 0 aromatic carbocycles. The first-order valence-corrected chi connectivity index (χ1v) is 4.00. The normalized spacial score (nSPS) is 37.4. The predicted octanol–water partition coefficient (Wildman–Crippen LogP) is 1.97. The molecule has 1 atom stereocenters. The quantitative estimate of drug-likeness (QED) is 0.499. The standard InChI is InChI=1S/C9H13O/c1-9(2)6-3-4-8(10)7(9)5-6/h7H,3-5H2,1-2H3. The first kappa shape index (κ1) is 6.38. The maximum absolute atomic E-state index is 11.2. The highest BCUT2D eigenvalue weighted by molar-refractivity contribution is 5.86. The minimum atomic E-state index is 0.273. The summed E-state index contributed by atoms with van der Waals surface area (Å²) >= 11 is 0. The number of rotatable bonds is 0. The third-order valence-electron chi connectivity index (χ3n) is 3.29. The minimum Gasteiger partial charge on any atom is -0.299 e. The average Bonchev–Trinajstić information content (AvgIpc) is 1.87. The molecule has 10 heavy (non-hydrogen) atoms. The first-order valence-electron chi connectivity index (χ1n) is 4.00. The van der Waals surface area contributed by atoms with E-state index in [0.29, 0.717) is 11.7 Å². The van der Waals surface area contributed by atoms with Gasteiger partial charge >= 0.3 is 0 Å². The summed E-state index contributed by atoms with van der Waals surface area (Å²) in [6.45, 7) is 4.40. The first-order chi connectivity index (χ1) is 4.62. The van der Waals surface area contributed by atoms with Crippen molar-refractivity contribution in [3.63, 3.8) is 0 Å². The molecule has 3 fully saturated rings. The molecule has 1 unspecified atom stereocenters. The zero-order valence-corrected chi connectivity index (χ0v) is 6.61. The molecular weight excluding hydrogens is 124 g/mol. The van der Waals surface area contributed by atoms with Gasteiger partial charge in [-0.15, -0.1) is 0 Å². The summed E-state index contributed by atoms with van der Waals surface area (Å²) in [5.41, 5.74) is 0.273. The second-order valence-electron chi connectivity index (χ2n) is 4.05. The van der Waals surface area contributed by atoms with E-state index < -0.39 is 0 Å². The second kappa shape index (κ2) is 1.63. The van der Waals surface area contributed by atoms with Crippen molar-refractivity contribution >= 4 is 5.78 Å². The molecule has 0 amide bonds. The fourth-order valence-corrected chi connectivity index (χ4v) is 2.27. The lowest BCUT2D eigenvalue weighted by Gasteiger charge is -2.54. The molecule has 55 valence electrons. The number of hydrogen-bond acceptors (Lipinski definition) is 1. The van der Waals surface area contributed by atoms with E-state index in [9.17, 15) is 4.79 Å². The summed E-state index contributed by atoms with van der Waals surface area (Å²) in [5, 5.41) is 0. The van der Waals surface area contributed by atoms with Gasteiger partial charge in [-0.05, 0) is 24.2 Å². The molecule has 1 nitrogen and oxygen atoms in total. The summed E-state index contributed by atoms with van der Waals surface area (Å²) in [4.78, 5) is 11.2. The van der Waals surface area contributed by atoms with Crippen LogP contribution >= 0.6 is 0 Å². The Balaban J connectivity index is 2.23. The monoisotopic (exact) mass is 137 g/mol. The molecule has 2 bridgehead atoms. The van der Waals surface area contributed by atoms with E-state index >= 15 is 0 Å². The van der Waals surface area contributed by atoms with Crippen molar-refractivity contribution < 1.29 is 4.79 Å². The van der Waals surface area contributed by atoms with Crippen molar-refractivity contribution in [3.8, 4) is 0 Å². The molecule has 3 aliphatic carbocycles. The van der Waals surface area contributed by atoms with Crippen molar-refractivity contribution in [1.82, 2.24) is 0 Å². The number of carbonyl (C=O) groups is 1. The highest BCUT2D eigenvalue weighted by atomic mass is 16.1. The van der Waals surface area contributed by atoms with Gasteiger partial charge in [-0.2, -0.15) is 0 Å². The van der Waals surface area contributed by atoms with Crippen LogP contribution in [-0.2, 0) is 4.79 Å². The van der Waals surface area contributed by atoms with Gasteiger partial charge in [0.25, 0.3) is 0 Å². The van der Waals surface area contributed by atoms with Gasteiger partial charge in [-0.3, -0.25) is 4.79 Å². The Morgan fingerprint density at radius 2 is 2.10 bits per heavy atom. The lowest BCUT2D eigenvalue weighted by Crippen LogP contribution is -2.51. The summed E-state index contributed by atoms with van der Waals surface area (Å²) < 4.78 is 0. The maximum atomic E-state index is 11.2. The zero-order valence-electron chi connectivity index (χ0n) is 6.61. The fourth-order valence-electron chi connectivity index (χ4n) is 2.27. The van der Waals surface area contributed by atoms with E-state index in [1.165, 1.54) is 0 Å². The van der Waals surface area contributed by atoms with E-state index in [2.05, 4.69) is 13.8 Å². The number of carbonyl (C=O) groups excluding carboxylic acids is 1. The van der Waals surface area contributed by atoms with E-state index in [1.807, 2.05) is 0 Å². The Labute approximate surface area is 61.8 Å². The molecule has 0 aromatic heterocycles. The van der Waals surface area contributed by atoms with Crippen LogP contribution in [0.2, 0.25) is 0 Å². The lowest BCUT2D eigenvalue weighted by molar-refractivity contribution is -0.134. The number of hydrogen-bond donors (Lipinski definition) is 0. The molecule has 0 spiro atoms. The van der Waals surface area contributed by atoms with E-state index in [0.717, 1.165) is 19.3 Å². The summed E-state index contributed by atoms with van der Waals surface area (Å²) in [6.07, 6.45) is 3.00. The topological polar surface area (TPSA) is 17.1 Å². The fraction of sp³-hybridized carbons (Fsp3) is 0.778. The number of Topliss-reactive ketones (excluding diaryl/α,β-unsaturated/α-hetero) is 1. The molecule has 1 heteroatoms. The maximum Gasteiger partial charge on any atom is 0.136 e. The Hall–Kier alpha value is -0.330. The van der Waals surface area contributed by atoms with E-state index in [-0.39, 0.29) is 5.41 Å². The van der Waals surface area contributed by atoms with Gasteiger partial charge in [0.05, 0.1) is 0 Å². The van der Waals surface area contributed by atoms with Crippen LogP contribution in [0.3, 0.4) is 0 Å². The number of ketones is 1. The third-order valence-corrected chi connectivity index (χ3v) is 3.29.